The van der Waals surface area contributed by atoms with Crippen LogP contribution in [0.25, 0.3) is 11.0 Å². The number of nitrogens with zero attached hydrogens (tertiary/aromatic N) is 3. The van der Waals surface area contributed by atoms with Crippen LogP contribution < -0.4 is 5.73 Å². The molecule has 1 fully saturated rings. The van der Waals surface area contributed by atoms with Gasteiger partial charge < -0.3 is 10.3 Å². The molecule has 5 nitrogen and oxygen atoms in total. The number of carbonyl (C=O) groups is 1. The first-order valence-corrected chi connectivity index (χ1v) is 9.71. The second kappa shape index (κ2) is 7.12. The minimum Gasteiger partial charge on any atom is -0.383 e. The van der Waals surface area contributed by atoms with Gasteiger partial charge >= 0.3 is 0 Å². The number of ketones is 1. The summed E-state index contributed by atoms with van der Waals surface area (Å²) in [5, 5.41) is 0.780. The number of nitrogen functional groups attached to an aromatic ring is 1. The van der Waals surface area contributed by atoms with E-state index in [1.807, 2.05) is 31.3 Å². The molecule has 5 heteroatoms. The van der Waals surface area contributed by atoms with Crippen LogP contribution in [0.2, 0.25) is 0 Å². The number of aryl methyl sites for hydroxylation is 1. The summed E-state index contributed by atoms with van der Waals surface area (Å²) in [7, 11) is 0. The lowest BCUT2D eigenvalue weighted by Crippen LogP contribution is -2.01. The molecule has 0 saturated heterocycles. The van der Waals surface area contributed by atoms with Gasteiger partial charge in [0.15, 0.2) is 5.78 Å². The molecule has 0 atom stereocenters. The van der Waals surface area contributed by atoms with E-state index in [1.54, 1.807) is 0 Å². The van der Waals surface area contributed by atoms with Crippen LogP contribution in [0.4, 0.5) is 5.82 Å². The van der Waals surface area contributed by atoms with E-state index in [4.69, 9.17) is 5.73 Å². The Morgan fingerprint density at radius 2 is 2.00 bits per heavy atom. The van der Waals surface area contributed by atoms with Gasteiger partial charge in [0.1, 0.15) is 17.8 Å². The van der Waals surface area contributed by atoms with Gasteiger partial charge in [-0.1, -0.05) is 24.0 Å². The van der Waals surface area contributed by atoms with Crippen molar-refractivity contribution < 1.29 is 4.79 Å². The highest BCUT2D eigenvalue weighted by molar-refractivity contribution is 5.97. The molecule has 0 aliphatic heterocycles. The third-order valence-electron chi connectivity index (χ3n) is 5.26. The number of anilines is 1. The molecule has 142 valence electrons. The zero-order chi connectivity index (χ0) is 19.8. The lowest BCUT2D eigenvalue weighted by atomic mass is 10.00. The minimum absolute atomic E-state index is 0.208. The minimum atomic E-state index is 0.208. The van der Waals surface area contributed by atoms with Crippen LogP contribution in [0.15, 0.2) is 30.7 Å². The van der Waals surface area contributed by atoms with Crippen LogP contribution in [0.5, 0.6) is 0 Å². The summed E-state index contributed by atoms with van der Waals surface area (Å²) in [6.07, 6.45) is 6.45. The summed E-state index contributed by atoms with van der Waals surface area (Å²) in [6.45, 7) is 6.19. The molecule has 1 saturated carbocycles. The Balaban J connectivity index is 1.74. The third-order valence-corrected chi connectivity index (χ3v) is 5.26. The molecule has 0 amide bonds. The van der Waals surface area contributed by atoms with Gasteiger partial charge in [-0.15, -0.1) is 0 Å². The Morgan fingerprint density at radius 1 is 1.25 bits per heavy atom. The average Bonchev–Trinajstić information content (AvgIpc) is 3.39. The van der Waals surface area contributed by atoms with Crippen molar-refractivity contribution >= 4 is 22.6 Å². The first-order chi connectivity index (χ1) is 13.4. The molecule has 1 aromatic carbocycles. The second-order valence-corrected chi connectivity index (χ2v) is 7.85. The van der Waals surface area contributed by atoms with Gasteiger partial charge in [-0.05, 0) is 51.2 Å². The first kappa shape index (κ1) is 18.2. The number of aromatic nitrogens is 3. The van der Waals surface area contributed by atoms with E-state index in [0.29, 0.717) is 18.2 Å². The van der Waals surface area contributed by atoms with Crippen LogP contribution in [-0.4, -0.2) is 20.3 Å². The number of nitrogens with two attached hydrogens (primary N) is 1. The molecule has 28 heavy (non-hydrogen) atoms. The number of carbonyl (C=O) groups excluding carboxylic acids is 1. The monoisotopic (exact) mass is 372 g/mol. The Labute approximate surface area is 165 Å². The summed E-state index contributed by atoms with van der Waals surface area (Å²) in [5.74, 6) is 7.69. The maximum atomic E-state index is 12.4. The molecule has 4 rings (SSSR count). The van der Waals surface area contributed by atoms with E-state index in [1.165, 1.54) is 19.2 Å². The summed E-state index contributed by atoms with van der Waals surface area (Å²) in [5.41, 5.74) is 10.4. The molecule has 0 spiro atoms. The molecule has 1 aliphatic rings. The predicted octanol–water partition coefficient (Wildman–Crippen LogP) is 4.29. The standard InChI is InChI=1S/C23H24N4O/c1-14(2)27-12-19(21-22(24)25-13-26-23(21)27)9-8-17-11-18(7-4-15(17)3)20(28)10-16-5-6-16/h4,7,11-14,16H,5-6,10H2,1-3H3,(H2,24,25,26). The zero-order valence-corrected chi connectivity index (χ0v) is 16.5. The van der Waals surface area contributed by atoms with Crippen molar-refractivity contribution in [3.63, 3.8) is 0 Å². The molecule has 3 aromatic rings. The zero-order valence-electron chi connectivity index (χ0n) is 16.5. The predicted molar refractivity (Wildman–Crippen MR) is 111 cm³/mol. The first-order valence-electron chi connectivity index (χ1n) is 9.71. The Hall–Kier alpha value is -3.13. The number of rotatable bonds is 4. The topological polar surface area (TPSA) is 73.8 Å². The molecule has 0 bridgehead atoms. The van der Waals surface area contributed by atoms with E-state index in [9.17, 15) is 4.79 Å². The number of hydrogen-bond donors (Lipinski definition) is 1. The summed E-state index contributed by atoms with van der Waals surface area (Å²) < 4.78 is 2.06. The van der Waals surface area contributed by atoms with E-state index in [2.05, 4.69) is 40.2 Å². The third kappa shape index (κ3) is 3.50. The van der Waals surface area contributed by atoms with Gasteiger partial charge in [-0.2, -0.15) is 0 Å². The van der Waals surface area contributed by atoms with Gasteiger partial charge in [0, 0.05) is 29.8 Å². The lowest BCUT2D eigenvalue weighted by molar-refractivity contribution is 0.0976. The number of fused-ring (bicyclic) bond motifs is 1. The Morgan fingerprint density at radius 3 is 2.71 bits per heavy atom. The van der Waals surface area contributed by atoms with E-state index in [0.717, 1.165) is 33.3 Å². The van der Waals surface area contributed by atoms with Crippen molar-refractivity contribution in [3.05, 3.63) is 53.0 Å². The van der Waals surface area contributed by atoms with Crippen molar-refractivity contribution in [2.75, 3.05) is 5.73 Å². The van der Waals surface area contributed by atoms with Crippen molar-refractivity contribution in [2.45, 2.75) is 46.1 Å². The van der Waals surface area contributed by atoms with Gasteiger partial charge in [0.05, 0.1) is 10.9 Å². The van der Waals surface area contributed by atoms with Crippen LogP contribution in [0.3, 0.4) is 0 Å². The van der Waals surface area contributed by atoms with Gasteiger partial charge in [0.2, 0.25) is 0 Å². The molecular formula is C23H24N4O. The second-order valence-electron chi connectivity index (χ2n) is 7.85. The number of hydrogen-bond acceptors (Lipinski definition) is 4. The molecular weight excluding hydrogens is 348 g/mol. The molecule has 2 aromatic heterocycles. The fourth-order valence-corrected chi connectivity index (χ4v) is 3.36. The lowest BCUT2D eigenvalue weighted by Gasteiger charge is -2.07. The van der Waals surface area contributed by atoms with Crippen LogP contribution in [0, 0.1) is 24.7 Å². The number of Topliss-reactive ketones (excluding diaryl/α,β-unsaturated/α-hetero) is 1. The van der Waals surface area contributed by atoms with E-state index >= 15 is 0 Å². The van der Waals surface area contributed by atoms with Crippen molar-refractivity contribution in [1.82, 2.24) is 14.5 Å². The molecule has 0 radical (unpaired) electrons. The van der Waals surface area contributed by atoms with Gasteiger partial charge in [-0.25, -0.2) is 9.97 Å². The van der Waals surface area contributed by atoms with Crippen molar-refractivity contribution in [2.24, 2.45) is 5.92 Å². The molecule has 0 unspecified atom stereocenters. The fourth-order valence-electron chi connectivity index (χ4n) is 3.36. The average molecular weight is 372 g/mol. The van der Waals surface area contributed by atoms with Gasteiger partial charge in [0.25, 0.3) is 0 Å². The maximum absolute atomic E-state index is 12.4. The van der Waals surface area contributed by atoms with Gasteiger partial charge in [-0.3, -0.25) is 4.79 Å². The largest absolute Gasteiger partial charge is 0.383 e. The summed E-state index contributed by atoms with van der Waals surface area (Å²) in [4.78, 5) is 21.0. The molecule has 2 N–H and O–H groups in total. The quantitative estimate of drug-likeness (QED) is 0.548. The van der Waals surface area contributed by atoms with Crippen LogP contribution >= 0.6 is 0 Å². The maximum Gasteiger partial charge on any atom is 0.163 e. The molecule has 1 aliphatic carbocycles. The SMILES string of the molecule is Cc1ccc(C(=O)CC2CC2)cc1C#Cc1cn(C(C)C)c2ncnc(N)c12. The van der Waals surface area contributed by atoms with E-state index < -0.39 is 0 Å². The highest BCUT2D eigenvalue weighted by atomic mass is 16.1. The summed E-state index contributed by atoms with van der Waals surface area (Å²) in [6, 6.07) is 6.02. The van der Waals surface area contributed by atoms with Crippen LogP contribution in [-0.2, 0) is 0 Å². The Bertz CT molecular complexity index is 1130. The summed E-state index contributed by atoms with van der Waals surface area (Å²) >= 11 is 0. The number of benzene rings is 1. The normalized spacial score (nSPS) is 13.6. The van der Waals surface area contributed by atoms with Crippen molar-refractivity contribution in [3.8, 4) is 11.8 Å². The van der Waals surface area contributed by atoms with Crippen LogP contribution in [0.1, 0.15) is 66.2 Å². The fraction of sp³-hybridized carbons (Fsp3) is 0.348. The smallest absolute Gasteiger partial charge is 0.163 e. The highest BCUT2D eigenvalue weighted by Crippen LogP contribution is 2.33. The van der Waals surface area contributed by atoms with E-state index in [-0.39, 0.29) is 11.8 Å². The molecule has 2 heterocycles. The van der Waals surface area contributed by atoms with Crippen molar-refractivity contribution in [1.29, 1.82) is 0 Å². The highest BCUT2D eigenvalue weighted by Gasteiger charge is 2.25. The Kier molecular flexibility index (Phi) is 4.64.